The second kappa shape index (κ2) is 11.8. The van der Waals surface area contributed by atoms with Crippen LogP contribution in [0.3, 0.4) is 0 Å². The molecule has 0 saturated heterocycles. The van der Waals surface area contributed by atoms with E-state index in [1.54, 1.807) is 0 Å². The molecule has 242 valence electrons. The van der Waals surface area contributed by atoms with Crippen molar-refractivity contribution >= 4 is 61.2 Å². The van der Waals surface area contributed by atoms with Crippen molar-refractivity contribution < 1.29 is 4.57 Å². The van der Waals surface area contributed by atoms with Crippen LogP contribution in [-0.2, 0) is 11.0 Å². The summed E-state index contributed by atoms with van der Waals surface area (Å²) in [6.07, 6.45) is 9.70. The van der Waals surface area contributed by atoms with Gasteiger partial charge in [-0.15, -0.1) is 0 Å². The van der Waals surface area contributed by atoms with Gasteiger partial charge in [-0.3, -0.25) is 0 Å². The van der Waals surface area contributed by atoms with Crippen LogP contribution in [0.2, 0.25) is 0 Å². The molecule has 0 N–H and O–H groups in total. The fourth-order valence-corrected chi connectivity index (χ4v) is 11.4. The molecule has 1 aromatic heterocycles. The molecule has 10 rings (SSSR count). The zero-order valence-electron chi connectivity index (χ0n) is 27.9. The highest BCUT2D eigenvalue weighted by atomic mass is 31.2. The number of benzene rings is 7. The number of nitrogens with zero attached hydrogens (tertiary/aromatic N) is 2. The number of aromatic nitrogens is 1. The Balaban J connectivity index is 1.19. The Kier molecular flexibility index (Phi) is 6.91. The van der Waals surface area contributed by atoms with Gasteiger partial charge in [0.1, 0.15) is 0 Å². The smallest absolute Gasteiger partial charge is 0.172 e. The van der Waals surface area contributed by atoms with Gasteiger partial charge >= 0.3 is 0 Å². The highest BCUT2D eigenvalue weighted by molar-refractivity contribution is 7.86. The molecule has 0 amide bonds. The highest BCUT2D eigenvalue weighted by Gasteiger charge is 2.35. The third-order valence-electron chi connectivity index (χ3n) is 10.6. The summed E-state index contributed by atoms with van der Waals surface area (Å²) in [5.41, 5.74) is 7.94. The molecule has 2 aliphatic heterocycles. The Morgan fingerprint density at radius 2 is 1.08 bits per heavy atom. The van der Waals surface area contributed by atoms with Crippen LogP contribution >= 0.6 is 7.14 Å². The van der Waals surface area contributed by atoms with Crippen molar-refractivity contribution in [3.8, 4) is 22.4 Å². The van der Waals surface area contributed by atoms with Crippen molar-refractivity contribution in [3.05, 3.63) is 188 Å². The molecule has 8 aromatic rings. The fraction of sp³-hybridized carbons (Fsp3) is 0.0426. The quantitative estimate of drug-likeness (QED) is 0.135. The van der Waals surface area contributed by atoms with E-state index in [0.29, 0.717) is 6.04 Å². The van der Waals surface area contributed by atoms with Crippen LogP contribution in [0.5, 0.6) is 0 Å². The van der Waals surface area contributed by atoms with Crippen LogP contribution in [0.15, 0.2) is 182 Å². The van der Waals surface area contributed by atoms with Gasteiger partial charge in [0.2, 0.25) is 0 Å². The van der Waals surface area contributed by atoms with Gasteiger partial charge in [-0.05, 0) is 56.8 Å². The lowest BCUT2D eigenvalue weighted by atomic mass is 9.91. The average molecular weight is 673 g/mol. The van der Waals surface area contributed by atoms with E-state index in [-0.39, 0.29) is 0 Å². The van der Waals surface area contributed by atoms with Gasteiger partial charge in [-0.25, -0.2) is 4.98 Å². The maximum absolute atomic E-state index is 16.0. The molecule has 3 heterocycles. The van der Waals surface area contributed by atoms with E-state index in [1.165, 1.54) is 16.6 Å². The Morgan fingerprint density at radius 1 is 0.549 bits per heavy atom. The molecule has 0 spiro atoms. The standard InChI is InChI=1S/C47H33N2OP/c50-51(35-16-3-1-4-17-35,36-18-5-2-6-19-36)47-40-23-9-7-21-38(40)44(39-22-8-10-24-41(39)47)32-26-28-33(29-27-32)45-46-42(31-34-15-13-14-30-49(34)46)37-20-11-12-25-43(37)48-45/h1-30,34H,31H2. The predicted molar refractivity (Wildman–Crippen MR) is 215 cm³/mol. The maximum Gasteiger partial charge on any atom is 0.172 e. The summed E-state index contributed by atoms with van der Waals surface area (Å²) < 4.78 is 16.0. The van der Waals surface area contributed by atoms with E-state index in [4.69, 9.17) is 4.98 Å². The minimum atomic E-state index is -3.29. The average Bonchev–Trinajstić information content (AvgIpc) is 3.60. The summed E-state index contributed by atoms with van der Waals surface area (Å²) in [7, 11) is -3.29. The van der Waals surface area contributed by atoms with Crippen molar-refractivity contribution in [1.29, 1.82) is 0 Å². The molecule has 2 aliphatic rings. The zero-order valence-corrected chi connectivity index (χ0v) is 28.7. The van der Waals surface area contributed by atoms with Gasteiger partial charge in [0.05, 0.1) is 22.9 Å². The van der Waals surface area contributed by atoms with Crippen molar-refractivity contribution in [3.63, 3.8) is 0 Å². The van der Waals surface area contributed by atoms with Gasteiger partial charge in [0, 0.05) is 33.1 Å². The Bertz CT molecular complexity index is 2650. The van der Waals surface area contributed by atoms with Crippen LogP contribution in [0.4, 0.5) is 5.69 Å². The number of hydrogen-bond donors (Lipinski definition) is 0. The summed E-state index contributed by atoms with van der Waals surface area (Å²) in [5, 5.41) is 7.98. The van der Waals surface area contributed by atoms with Crippen molar-refractivity contribution in [2.45, 2.75) is 12.5 Å². The lowest BCUT2D eigenvalue weighted by Gasteiger charge is -2.25. The Hall–Kier alpha value is -6.02. The summed E-state index contributed by atoms with van der Waals surface area (Å²) in [5.74, 6) is 0. The van der Waals surface area contributed by atoms with Gasteiger partial charge in [-0.1, -0.05) is 164 Å². The summed E-state index contributed by atoms with van der Waals surface area (Å²) in [6.45, 7) is 0. The van der Waals surface area contributed by atoms with Crippen LogP contribution in [-0.4, -0.2) is 11.0 Å². The number of para-hydroxylation sites is 1. The van der Waals surface area contributed by atoms with Gasteiger partial charge < -0.3 is 9.46 Å². The topological polar surface area (TPSA) is 33.2 Å². The van der Waals surface area contributed by atoms with Crippen LogP contribution in [0.25, 0.3) is 54.8 Å². The summed E-state index contributed by atoms with van der Waals surface area (Å²) in [4.78, 5) is 7.66. The second-order valence-electron chi connectivity index (χ2n) is 13.4. The van der Waals surface area contributed by atoms with Crippen molar-refractivity contribution in [1.82, 2.24) is 4.98 Å². The molecule has 51 heavy (non-hydrogen) atoms. The second-order valence-corrected chi connectivity index (χ2v) is 16.1. The molecule has 7 aromatic carbocycles. The predicted octanol–water partition coefficient (Wildman–Crippen LogP) is 10.3. The first kappa shape index (κ1) is 29.9. The van der Waals surface area contributed by atoms with Crippen LogP contribution in [0, 0.1) is 0 Å². The third-order valence-corrected chi connectivity index (χ3v) is 13.8. The lowest BCUT2D eigenvalue weighted by Crippen LogP contribution is -2.26. The summed E-state index contributed by atoms with van der Waals surface area (Å²) in [6, 6.07) is 54.7. The monoisotopic (exact) mass is 672 g/mol. The number of pyridine rings is 1. The minimum Gasteiger partial charge on any atom is -0.339 e. The van der Waals surface area contributed by atoms with Gasteiger partial charge in [-0.2, -0.15) is 0 Å². The highest BCUT2D eigenvalue weighted by Crippen LogP contribution is 2.50. The molecule has 1 atom stereocenters. The zero-order chi connectivity index (χ0) is 33.9. The van der Waals surface area contributed by atoms with E-state index in [9.17, 15) is 0 Å². The van der Waals surface area contributed by atoms with Gasteiger partial charge in [0.15, 0.2) is 7.14 Å². The Morgan fingerprint density at radius 3 is 1.71 bits per heavy atom. The number of hydrogen-bond acceptors (Lipinski definition) is 3. The first-order chi connectivity index (χ1) is 25.2. The van der Waals surface area contributed by atoms with Crippen molar-refractivity contribution in [2.24, 2.45) is 0 Å². The molecule has 0 radical (unpaired) electrons. The molecule has 0 aliphatic carbocycles. The third kappa shape index (κ3) is 4.59. The molecule has 0 saturated carbocycles. The van der Waals surface area contributed by atoms with Crippen LogP contribution < -0.4 is 20.8 Å². The fourth-order valence-electron chi connectivity index (χ4n) is 8.34. The van der Waals surface area contributed by atoms with E-state index < -0.39 is 7.14 Å². The first-order valence-corrected chi connectivity index (χ1v) is 19.2. The molecule has 1 unspecified atom stereocenters. The van der Waals surface area contributed by atoms with Crippen LogP contribution in [0.1, 0.15) is 5.56 Å². The molecule has 0 bridgehead atoms. The van der Waals surface area contributed by atoms with E-state index >= 15 is 4.57 Å². The molecule has 0 fully saturated rings. The molecule has 3 nitrogen and oxygen atoms in total. The minimum absolute atomic E-state index is 0.301. The van der Waals surface area contributed by atoms with E-state index in [0.717, 1.165) is 71.8 Å². The SMILES string of the molecule is O=P(c1ccccc1)(c1ccccc1)c1c2ccccc2c(-c2ccc(-c3nc4ccccc4c4c3N3C=CC=CC3C4)cc2)c2ccccc12. The number of allylic oxidation sites excluding steroid dienone is 2. The first-order valence-electron chi connectivity index (χ1n) is 17.5. The largest absolute Gasteiger partial charge is 0.339 e. The normalized spacial score (nSPS) is 15.1. The van der Waals surface area contributed by atoms with Gasteiger partial charge in [0.25, 0.3) is 0 Å². The Labute approximate surface area is 297 Å². The van der Waals surface area contributed by atoms with E-state index in [1.807, 2.05) is 60.7 Å². The molecule has 4 heteroatoms. The summed E-state index contributed by atoms with van der Waals surface area (Å²) >= 11 is 0. The van der Waals surface area contributed by atoms with Crippen molar-refractivity contribution in [2.75, 3.05) is 4.90 Å². The number of fused-ring (bicyclic) bond motifs is 7. The van der Waals surface area contributed by atoms with E-state index in [2.05, 4.69) is 126 Å². The number of anilines is 1. The molecular weight excluding hydrogens is 640 g/mol. The lowest BCUT2D eigenvalue weighted by molar-refractivity contribution is 0.593. The number of rotatable bonds is 5. The maximum atomic E-state index is 16.0. The molecular formula is C47H33N2OP.